The number of hydrogen-bond acceptors (Lipinski definition) is 1. The standard InChI is InChI=1S/C12H23N/c1-11-9-7-5-4-6-8-10-13(3)12(11)2/h4-5,11-12H,6-10H2,1-3H3. The second-order valence-corrected chi connectivity index (χ2v) is 4.39. The lowest BCUT2D eigenvalue weighted by molar-refractivity contribution is 0.190. The fourth-order valence-electron chi connectivity index (χ4n) is 1.93. The summed E-state index contributed by atoms with van der Waals surface area (Å²) in [5.41, 5.74) is 0. The summed E-state index contributed by atoms with van der Waals surface area (Å²) in [6.07, 6.45) is 9.86. The van der Waals surface area contributed by atoms with Crippen molar-refractivity contribution in [3.05, 3.63) is 12.2 Å². The van der Waals surface area contributed by atoms with E-state index in [0.717, 1.165) is 12.0 Å². The fraction of sp³-hybridized carbons (Fsp3) is 0.833. The Morgan fingerprint density at radius 2 is 1.85 bits per heavy atom. The average molecular weight is 181 g/mol. The number of rotatable bonds is 0. The highest BCUT2D eigenvalue weighted by atomic mass is 15.1. The largest absolute Gasteiger partial charge is 0.303 e. The maximum absolute atomic E-state index is 2.50. The molecule has 0 amide bonds. The van der Waals surface area contributed by atoms with E-state index >= 15 is 0 Å². The molecule has 13 heavy (non-hydrogen) atoms. The Morgan fingerprint density at radius 1 is 1.15 bits per heavy atom. The van der Waals surface area contributed by atoms with E-state index in [0.29, 0.717) is 0 Å². The van der Waals surface area contributed by atoms with Crippen molar-refractivity contribution in [2.45, 2.75) is 45.6 Å². The van der Waals surface area contributed by atoms with Crippen molar-refractivity contribution < 1.29 is 0 Å². The van der Waals surface area contributed by atoms with Gasteiger partial charge in [-0.2, -0.15) is 0 Å². The molecule has 0 N–H and O–H groups in total. The first kappa shape index (κ1) is 10.8. The van der Waals surface area contributed by atoms with Crippen LogP contribution in [0.3, 0.4) is 0 Å². The van der Waals surface area contributed by atoms with Crippen molar-refractivity contribution in [1.29, 1.82) is 0 Å². The summed E-state index contributed by atoms with van der Waals surface area (Å²) in [5.74, 6) is 0.827. The van der Waals surface area contributed by atoms with Gasteiger partial charge in [-0.05, 0) is 52.1 Å². The van der Waals surface area contributed by atoms with Crippen LogP contribution in [0.25, 0.3) is 0 Å². The molecule has 0 aliphatic carbocycles. The number of allylic oxidation sites excluding steroid dienone is 2. The maximum atomic E-state index is 2.50. The normalized spacial score (nSPS) is 33.2. The van der Waals surface area contributed by atoms with Crippen molar-refractivity contribution >= 4 is 0 Å². The molecule has 2 unspecified atom stereocenters. The van der Waals surface area contributed by atoms with E-state index in [2.05, 4.69) is 37.9 Å². The molecule has 1 aliphatic rings. The zero-order chi connectivity index (χ0) is 9.68. The van der Waals surface area contributed by atoms with Crippen LogP contribution < -0.4 is 0 Å². The molecule has 0 saturated carbocycles. The first-order chi connectivity index (χ1) is 6.22. The van der Waals surface area contributed by atoms with Crippen LogP contribution in [0.1, 0.15) is 39.5 Å². The molecule has 0 aromatic rings. The van der Waals surface area contributed by atoms with Gasteiger partial charge in [-0.25, -0.2) is 0 Å². The van der Waals surface area contributed by atoms with E-state index in [1.807, 2.05) is 0 Å². The molecule has 0 aromatic heterocycles. The second kappa shape index (κ2) is 5.43. The summed E-state index contributed by atoms with van der Waals surface area (Å²) in [6.45, 7) is 5.97. The highest BCUT2D eigenvalue weighted by Crippen LogP contribution is 2.17. The van der Waals surface area contributed by atoms with Gasteiger partial charge in [-0.15, -0.1) is 0 Å². The van der Waals surface area contributed by atoms with Crippen LogP contribution in [0.2, 0.25) is 0 Å². The Balaban J connectivity index is 2.49. The van der Waals surface area contributed by atoms with E-state index in [1.54, 1.807) is 0 Å². The van der Waals surface area contributed by atoms with Gasteiger partial charge in [-0.1, -0.05) is 19.1 Å². The third-order valence-corrected chi connectivity index (χ3v) is 3.36. The summed E-state index contributed by atoms with van der Waals surface area (Å²) in [6, 6.07) is 0.742. The number of hydrogen-bond donors (Lipinski definition) is 0. The average Bonchev–Trinajstić information content (AvgIpc) is 2.13. The van der Waals surface area contributed by atoms with Crippen molar-refractivity contribution in [2.24, 2.45) is 5.92 Å². The molecule has 1 rings (SSSR count). The Morgan fingerprint density at radius 3 is 2.62 bits per heavy atom. The van der Waals surface area contributed by atoms with Gasteiger partial charge < -0.3 is 4.90 Å². The second-order valence-electron chi connectivity index (χ2n) is 4.39. The Bertz CT molecular complexity index is 163. The van der Waals surface area contributed by atoms with Crippen molar-refractivity contribution in [3.8, 4) is 0 Å². The summed E-state index contributed by atoms with van der Waals surface area (Å²) in [4.78, 5) is 2.50. The van der Waals surface area contributed by atoms with Crippen LogP contribution >= 0.6 is 0 Å². The topological polar surface area (TPSA) is 3.24 Å². The van der Waals surface area contributed by atoms with Gasteiger partial charge in [0.05, 0.1) is 0 Å². The van der Waals surface area contributed by atoms with Crippen LogP contribution in [-0.2, 0) is 0 Å². The molecule has 0 aromatic carbocycles. The van der Waals surface area contributed by atoms with Gasteiger partial charge in [0.15, 0.2) is 0 Å². The Kier molecular flexibility index (Phi) is 4.51. The van der Waals surface area contributed by atoms with Gasteiger partial charge >= 0.3 is 0 Å². The van der Waals surface area contributed by atoms with Crippen LogP contribution in [0.4, 0.5) is 0 Å². The predicted octanol–water partition coefficient (Wildman–Crippen LogP) is 3.07. The van der Waals surface area contributed by atoms with Gasteiger partial charge in [0, 0.05) is 6.04 Å². The molecule has 1 nitrogen and oxygen atoms in total. The lowest BCUT2D eigenvalue weighted by Crippen LogP contribution is -2.35. The molecule has 1 heteroatoms. The summed E-state index contributed by atoms with van der Waals surface area (Å²) in [7, 11) is 2.26. The Hall–Kier alpha value is -0.300. The lowest BCUT2D eigenvalue weighted by atomic mass is 9.96. The minimum Gasteiger partial charge on any atom is -0.303 e. The van der Waals surface area contributed by atoms with E-state index in [4.69, 9.17) is 0 Å². The summed E-state index contributed by atoms with van der Waals surface area (Å²) >= 11 is 0. The van der Waals surface area contributed by atoms with Crippen LogP contribution in [0, 0.1) is 5.92 Å². The molecule has 2 atom stereocenters. The highest BCUT2D eigenvalue weighted by molar-refractivity contribution is 4.85. The lowest BCUT2D eigenvalue weighted by Gasteiger charge is -2.30. The smallest absolute Gasteiger partial charge is 0.00896 e. The van der Waals surface area contributed by atoms with E-state index < -0.39 is 0 Å². The first-order valence-corrected chi connectivity index (χ1v) is 5.57. The Labute approximate surface area is 82.8 Å². The molecule has 1 aliphatic heterocycles. The van der Waals surface area contributed by atoms with Crippen LogP contribution in [-0.4, -0.2) is 24.5 Å². The quantitative estimate of drug-likeness (QED) is 0.519. The zero-order valence-electron chi connectivity index (χ0n) is 9.29. The molecule has 0 bridgehead atoms. The van der Waals surface area contributed by atoms with E-state index in [-0.39, 0.29) is 0 Å². The molecule has 0 spiro atoms. The van der Waals surface area contributed by atoms with Gasteiger partial charge in [0.2, 0.25) is 0 Å². The molecular weight excluding hydrogens is 158 g/mol. The van der Waals surface area contributed by atoms with Gasteiger partial charge in [0.1, 0.15) is 0 Å². The SMILES string of the molecule is CC1CCC=CCCCN(C)C1C. The maximum Gasteiger partial charge on any atom is 0.00896 e. The van der Waals surface area contributed by atoms with Crippen molar-refractivity contribution in [2.75, 3.05) is 13.6 Å². The summed E-state index contributed by atoms with van der Waals surface area (Å²) < 4.78 is 0. The van der Waals surface area contributed by atoms with E-state index in [1.165, 1.54) is 32.2 Å². The fourth-order valence-corrected chi connectivity index (χ4v) is 1.93. The molecule has 0 fully saturated rings. The molecule has 1 heterocycles. The van der Waals surface area contributed by atoms with Gasteiger partial charge in [0.25, 0.3) is 0 Å². The molecule has 0 saturated heterocycles. The van der Waals surface area contributed by atoms with Crippen LogP contribution in [0.5, 0.6) is 0 Å². The van der Waals surface area contributed by atoms with Crippen molar-refractivity contribution in [1.82, 2.24) is 4.90 Å². The minimum atomic E-state index is 0.742. The van der Waals surface area contributed by atoms with E-state index in [9.17, 15) is 0 Å². The van der Waals surface area contributed by atoms with Gasteiger partial charge in [-0.3, -0.25) is 0 Å². The summed E-state index contributed by atoms with van der Waals surface area (Å²) in [5, 5.41) is 0. The van der Waals surface area contributed by atoms with Crippen LogP contribution in [0.15, 0.2) is 12.2 Å². The van der Waals surface area contributed by atoms with Crippen molar-refractivity contribution in [3.63, 3.8) is 0 Å². The third-order valence-electron chi connectivity index (χ3n) is 3.36. The monoisotopic (exact) mass is 181 g/mol. The number of nitrogens with zero attached hydrogens (tertiary/aromatic N) is 1. The zero-order valence-corrected chi connectivity index (χ0v) is 9.29. The third kappa shape index (κ3) is 3.51. The highest BCUT2D eigenvalue weighted by Gasteiger charge is 2.16. The predicted molar refractivity (Wildman–Crippen MR) is 58.9 cm³/mol. The minimum absolute atomic E-state index is 0.742. The first-order valence-electron chi connectivity index (χ1n) is 5.57. The molecular formula is C12H23N. The molecule has 0 radical (unpaired) electrons. The molecule has 76 valence electrons.